The molecule has 0 radical (unpaired) electrons. The van der Waals surface area contributed by atoms with Crippen LogP contribution < -0.4 is 85.2 Å². The molecule has 9 heteroatoms. The highest BCUT2D eigenvalue weighted by atomic mass is 16.3. The maximum absolute atomic E-state index is 6.95. The van der Waals surface area contributed by atoms with Crippen molar-refractivity contribution in [2.45, 2.75) is 39.5 Å². The van der Waals surface area contributed by atoms with Crippen molar-refractivity contribution >= 4 is 183 Å². The van der Waals surface area contributed by atoms with E-state index in [0.29, 0.717) is 11.8 Å². The van der Waals surface area contributed by atoms with Crippen LogP contribution in [0.2, 0.25) is 0 Å². The number of nitrogens with zero attached hydrogens (tertiary/aromatic N) is 4. The normalized spacial score (nSPS) is 14.7. The number of para-hydroxylation sites is 7. The van der Waals surface area contributed by atoms with Crippen molar-refractivity contribution in [3.63, 3.8) is 0 Å². The third-order valence-electron chi connectivity index (χ3n) is 19.6. The van der Waals surface area contributed by atoms with Gasteiger partial charge in [-0.3, -0.25) is 0 Å². The number of furan rings is 1. The van der Waals surface area contributed by atoms with Gasteiger partial charge in [-0.25, -0.2) is 0 Å². The third kappa shape index (κ3) is 5.48. The summed E-state index contributed by atoms with van der Waals surface area (Å²) in [4.78, 5) is 10.7. The van der Waals surface area contributed by atoms with Crippen LogP contribution in [-0.4, -0.2) is 26.9 Å². The molecule has 19 rings (SSSR count). The zero-order valence-electron chi connectivity index (χ0n) is 45.4. The van der Waals surface area contributed by atoms with Gasteiger partial charge in [0.05, 0.1) is 0 Å². The molecule has 0 saturated carbocycles. The zero-order chi connectivity index (χ0) is 53.3. The summed E-state index contributed by atoms with van der Waals surface area (Å²) in [6.07, 6.45) is 0. The minimum Gasteiger partial charge on any atom is -0.456 e. The van der Waals surface area contributed by atoms with Gasteiger partial charge in [0, 0.05) is 85.1 Å². The maximum Gasteiger partial charge on any atom is 0.252 e. The van der Waals surface area contributed by atoms with Crippen LogP contribution in [0.5, 0.6) is 0 Å². The third-order valence-corrected chi connectivity index (χ3v) is 19.6. The van der Waals surface area contributed by atoms with Crippen molar-refractivity contribution in [2.75, 3.05) is 19.6 Å². The van der Waals surface area contributed by atoms with E-state index in [1.807, 2.05) is 0 Å². The van der Waals surface area contributed by atoms with Crippen molar-refractivity contribution in [2.24, 2.45) is 0 Å². The van der Waals surface area contributed by atoms with Crippen LogP contribution in [0.1, 0.15) is 50.7 Å². The summed E-state index contributed by atoms with van der Waals surface area (Å²) in [6.45, 7) is 9.33. The molecule has 7 aliphatic heterocycles. The van der Waals surface area contributed by atoms with Gasteiger partial charge >= 0.3 is 0 Å². The number of hydrogen-bond acceptors (Lipinski definition) is 5. The lowest BCUT2D eigenvalue weighted by Gasteiger charge is -2.56. The van der Waals surface area contributed by atoms with E-state index in [1.165, 1.54) is 139 Å². The summed E-state index contributed by atoms with van der Waals surface area (Å²) in [5.41, 5.74) is 35.9. The Balaban J connectivity index is 1.02. The van der Waals surface area contributed by atoms with Crippen LogP contribution >= 0.6 is 0 Å². The van der Waals surface area contributed by atoms with Crippen LogP contribution in [0.15, 0.2) is 223 Å². The number of hydrogen-bond donors (Lipinski definition) is 0. The van der Waals surface area contributed by atoms with Gasteiger partial charge in [0.1, 0.15) is 11.2 Å². The molecule has 0 aliphatic carbocycles. The lowest BCUT2D eigenvalue weighted by Crippen LogP contribution is -2.75. The van der Waals surface area contributed by atoms with E-state index in [9.17, 15) is 0 Å². The zero-order valence-corrected chi connectivity index (χ0v) is 45.4. The molecule has 8 heterocycles. The Labute approximate surface area is 473 Å². The first kappa shape index (κ1) is 44.5. The number of anilines is 12. The van der Waals surface area contributed by atoms with Crippen molar-refractivity contribution in [1.29, 1.82) is 0 Å². The average Bonchev–Trinajstić information content (AvgIpc) is 1.13. The summed E-state index contributed by atoms with van der Waals surface area (Å²) in [5.74, 6) is 0.628. The lowest BCUT2D eigenvalue weighted by molar-refractivity contribution is 0.669. The maximum atomic E-state index is 6.95. The topological polar surface area (TPSA) is 26.1 Å². The summed E-state index contributed by atoms with van der Waals surface area (Å²) in [7, 11) is 0. The predicted molar refractivity (Wildman–Crippen MR) is 346 cm³/mol. The van der Waals surface area contributed by atoms with Gasteiger partial charge < -0.3 is 24.0 Å². The molecule has 0 saturated heterocycles. The first-order valence-corrected chi connectivity index (χ1v) is 29.1. The highest BCUT2D eigenvalue weighted by Gasteiger charge is 2.58. The minimum absolute atomic E-state index is 0.00246. The highest BCUT2D eigenvalue weighted by molar-refractivity contribution is 7.09. The molecule has 12 aromatic rings. The van der Waals surface area contributed by atoms with Crippen molar-refractivity contribution in [3.8, 4) is 0 Å². The van der Waals surface area contributed by atoms with Gasteiger partial charge in [0.2, 0.25) is 6.71 Å². The Morgan fingerprint density at radius 3 is 1.17 bits per heavy atom. The molecule has 0 unspecified atom stereocenters. The molecule has 0 atom stereocenters. The molecule has 7 aliphatic rings. The molecule has 376 valence electrons. The second kappa shape index (κ2) is 15.7. The molecule has 81 heavy (non-hydrogen) atoms. The monoisotopic (exact) mass is 1030 g/mol. The molecule has 0 amide bonds. The molecule has 5 nitrogen and oxygen atoms in total. The van der Waals surface area contributed by atoms with Gasteiger partial charge in [-0.2, -0.15) is 0 Å². The van der Waals surface area contributed by atoms with E-state index in [-0.39, 0.29) is 26.9 Å². The fraction of sp³-hybridized carbons (Fsp3) is 0.0833. The summed E-state index contributed by atoms with van der Waals surface area (Å²) < 4.78 is 6.95. The van der Waals surface area contributed by atoms with Crippen LogP contribution in [0.25, 0.3) is 21.9 Å². The number of fused-ring (bicyclic) bond motifs is 23. The predicted octanol–water partition coefficient (Wildman–Crippen LogP) is 9.97. The molecule has 1 aromatic heterocycles. The van der Waals surface area contributed by atoms with E-state index in [1.54, 1.807) is 0 Å². The van der Waals surface area contributed by atoms with Crippen molar-refractivity contribution < 1.29 is 4.42 Å². The molecule has 11 aromatic carbocycles. The summed E-state index contributed by atoms with van der Waals surface area (Å²) >= 11 is 0. The Bertz CT molecular complexity index is 4780. The first-order valence-electron chi connectivity index (χ1n) is 29.1. The summed E-state index contributed by atoms with van der Waals surface area (Å²) in [6, 6.07) is 83.7. The van der Waals surface area contributed by atoms with Crippen molar-refractivity contribution in [3.05, 3.63) is 230 Å². The first-order chi connectivity index (χ1) is 39.9. The van der Waals surface area contributed by atoms with Crippen molar-refractivity contribution in [1.82, 2.24) is 0 Å². The van der Waals surface area contributed by atoms with E-state index < -0.39 is 0 Å². The van der Waals surface area contributed by atoms with Crippen LogP contribution in [0, 0.1) is 0 Å². The number of benzene rings is 11. The van der Waals surface area contributed by atoms with Crippen LogP contribution in [0.3, 0.4) is 0 Å². The minimum atomic E-state index is -0.148. The Hall–Kier alpha value is -9.32. The van der Waals surface area contributed by atoms with Gasteiger partial charge in [0.15, 0.2) is 0 Å². The van der Waals surface area contributed by atoms with E-state index in [0.717, 1.165) is 27.6 Å². The molecular weight excluding hydrogens is 980 g/mol. The van der Waals surface area contributed by atoms with Crippen LogP contribution in [-0.2, 0) is 0 Å². The summed E-state index contributed by atoms with van der Waals surface area (Å²) in [5, 5.41) is 2.29. The molecular formula is C72H50B4N4O. The smallest absolute Gasteiger partial charge is 0.252 e. The van der Waals surface area contributed by atoms with E-state index in [2.05, 4.69) is 266 Å². The second-order valence-electron chi connectivity index (χ2n) is 24.1. The Morgan fingerprint density at radius 1 is 0.284 bits per heavy atom. The second-order valence-corrected chi connectivity index (χ2v) is 24.1. The fourth-order valence-corrected chi connectivity index (χ4v) is 16.6. The van der Waals surface area contributed by atoms with Gasteiger partial charge in [-0.15, -0.1) is 0 Å². The SMILES string of the molecule is CC(C)c1cccc(C(C)C)c1B1c2ccccc2N(c2ccccc2)c2cc3c(cc21)B1c2cc4c(cc2N2c5ccccc5B5c6ccccc6N6c7ccccc7B7c8ccccc8N3c3c7c6c5c2c31)oc1ccccc14. The van der Waals surface area contributed by atoms with Gasteiger partial charge in [-0.05, 0) is 138 Å². The van der Waals surface area contributed by atoms with E-state index >= 15 is 0 Å². The highest BCUT2D eigenvalue weighted by Crippen LogP contribution is 2.53. The lowest BCUT2D eigenvalue weighted by atomic mass is 9.24. The largest absolute Gasteiger partial charge is 0.456 e. The molecule has 0 N–H and O–H groups in total. The average molecular weight is 1030 g/mol. The fourth-order valence-electron chi connectivity index (χ4n) is 16.6. The molecule has 0 fully saturated rings. The molecule has 0 bridgehead atoms. The number of rotatable bonds is 4. The standard InChI is InChI=1S/C72H50B4N4O/c1-41(2)44-24-20-25-45(42(3)4)66(44)75-48-26-9-14-31-56(48)77(43-21-6-5-7-22-43)61-39-62-55(38-54(61)75)76-53-37-47-46-23-8-19-36-64(46)81-65(47)40-63(53)80-60-35-18-13-30-52(60)74-50-28-11-16-33-58(50)78-57-32-15-10-27-49(57)73-51-29-12-17-34-59(51)79(62)71-67(73)70(78)68(74)72(80)69(71)76/h5-42H,1-4H3. The van der Waals surface area contributed by atoms with Gasteiger partial charge in [0.25, 0.3) is 20.1 Å². The molecule has 0 spiro atoms. The van der Waals surface area contributed by atoms with Crippen LogP contribution in [0.4, 0.5) is 68.2 Å². The quantitative estimate of drug-likeness (QED) is 0.164. The Morgan fingerprint density at radius 2 is 0.667 bits per heavy atom. The van der Waals surface area contributed by atoms with E-state index in [4.69, 9.17) is 4.42 Å². The van der Waals surface area contributed by atoms with Gasteiger partial charge in [-0.1, -0.05) is 191 Å². The Kier molecular flexibility index (Phi) is 8.65.